The van der Waals surface area contributed by atoms with Crippen LogP contribution >= 0.6 is 0 Å². The summed E-state index contributed by atoms with van der Waals surface area (Å²) in [6.45, 7) is 7.79. The minimum atomic E-state index is -0.974. The zero-order chi connectivity index (χ0) is 13.8. The molecule has 0 saturated heterocycles. The number of aromatic carboxylic acids is 1. The number of benzene rings is 1. The first-order valence-corrected chi connectivity index (χ1v) is 6.58. The number of para-hydroxylation sites is 1. The Balaban J connectivity index is 2.30. The summed E-state index contributed by atoms with van der Waals surface area (Å²) in [5.41, 5.74) is 1.02. The molecule has 5 heteroatoms. The van der Waals surface area contributed by atoms with Gasteiger partial charge in [-0.1, -0.05) is 32.0 Å². The van der Waals surface area contributed by atoms with Gasteiger partial charge in [0.25, 0.3) is 0 Å². The molecule has 19 heavy (non-hydrogen) atoms. The normalized spacial score (nSPS) is 11.3. The van der Waals surface area contributed by atoms with Gasteiger partial charge in [0.15, 0.2) is 5.69 Å². The molecule has 1 aromatic heterocycles. The van der Waals surface area contributed by atoms with Crippen molar-refractivity contribution in [1.29, 1.82) is 0 Å². The largest absolute Gasteiger partial charge is 0.476 e. The van der Waals surface area contributed by atoms with Gasteiger partial charge in [-0.25, -0.2) is 4.79 Å². The summed E-state index contributed by atoms with van der Waals surface area (Å²) in [6.07, 6.45) is 0. The van der Waals surface area contributed by atoms with E-state index in [2.05, 4.69) is 23.8 Å². The third kappa shape index (κ3) is 2.76. The van der Waals surface area contributed by atoms with Gasteiger partial charge in [0.05, 0.1) is 12.1 Å². The molecule has 0 unspecified atom stereocenters. The van der Waals surface area contributed by atoms with E-state index in [4.69, 9.17) is 0 Å². The van der Waals surface area contributed by atoms with Gasteiger partial charge in [-0.15, -0.1) is 0 Å². The van der Waals surface area contributed by atoms with Gasteiger partial charge in [0.2, 0.25) is 0 Å². The number of hydrogen-bond donors (Lipinski definition) is 1. The molecule has 0 saturated carbocycles. The lowest BCUT2D eigenvalue weighted by Gasteiger charge is -2.17. The van der Waals surface area contributed by atoms with Crippen molar-refractivity contribution < 1.29 is 9.90 Å². The maximum atomic E-state index is 11.2. The minimum absolute atomic E-state index is 0.134. The molecule has 1 N–H and O–H groups in total. The highest BCUT2D eigenvalue weighted by Gasteiger charge is 2.15. The van der Waals surface area contributed by atoms with E-state index in [0.29, 0.717) is 11.9 Å². The Labute approximate surface area is 112 Å². The Hall–Kier alpha value is -1.88. The predicted octanol–water partition coefficient (Wildman–Crippen LogP) is 2.08. The first-order valence-electron chi connectivity index (χ1n) is 6.58. The number of carboxylic acids is 1. The molecule has 0 aliphatic heterocycles. The Morgan fingerprint density at radius 2 is 2.00 bits per heavy atom. The maximum Gasteiger partial charge on any atom is 0.357 e. The van der Waals surface area contributed by atoms with Crippen LogP contribution in [0, 0.1) is 0 Å². The van der Waals surface area contributed by atoms with E-state index >= 15 is 0 Å². The highest BCUT2D eigenvalue weighted by molar-refractivity contribution is 6.01. The zero-order valence-electron chi connectivity index (χ0n) is 11.3. The van der Waals surface area contributed by atoms with Gasteiger partial charge >= 0.3 is 5.97 Å². The van der Waals surface area contributed by atoms with Gasteiger partial charge in [0, 0.05) is 11.9 Å². The minimum Gasteiger partial charge on any atom is -0.476 e. The molecule has 0 radical (unpaired) electrons. The molecule has 1 heterocycles. The van der Waals surface area contributed by atoms with Crippen LogP contribution in [0.2, 0.25) is 0 Å². The lowest BCUT2D eigenvalue weighted by molar-refractivity contribution is 0.0691. The highest BCUT2D eigenvalue weighted by atomic mass is 16.4. The molecule has 0 bridgehead atoms. The van der Waals surface area contributed by atoms with Crippen LogP contribution in [0.15, 0.2) is 24.3 Å². The molecule has 0 aliphatic rings. The second-order valence-corrected chi connectivity index (χ2v) is 4.42. The predicted molar refractivity (Wildman–Crippen MR) is 74.5 cm³/mol. The second-order valence-electron chi connectivity index (χ2n) is 4.42. The average Bonchev–Trinajstić information content (AvgIpc) is 2.79. The van der Waals surface area contributed by atoms with E-state index in [9.17, 15) is 9.90 Å². The van der Waals surface area contributed by atoms with Gasteiger partial charge in [-0.2, -0.15) is 5.10 Å². The Bertz CT molecular complexity index is 573. The summed E-state index contributed by atoms with van der Waals surface area (Å²) in [5.74, 6) is -0.974. The van der Waals surface area contributed by atoms with Crippen molar-refractivity contribution in [3.63, 3.8) is 0 Å². The Morgan fingerprint density at radius 3 is 2.63 bits per heavy atom. The van der Waals surface area contributed by atoms with Crippen molar-refractivity contribution in [2.75, 3.05) is 19.6 Å². The third-order valence-electron chi connectivity index (χ3n) is 3.38. The third-order valence-corrected chi connectivity index (χ3v) is 3.38. The van der Waals surface area contributed by atoms with Crippen molar-refractivity contribution in [2.24, 2.45) is 0 Å². The molecule has 2 rings (SSSR count). The summed E-state index contributed by atoms with van der Waals surface area (Å²) in [5, 5.41) is 14.1. The summed E-state index contributed by atoms with van der Waals surface area (Å²) >= 11 is 0. The fraction of sp³-hybridized carbons (Fsp3) is 0.429. The van der Waals surface area contributed by atoms with Gasteiger partial charge in [-0.3, -0.25) is 4.68 Å². The van der Waals surface area contributed by atoms with Gasteiger partial charge in [-0.05, 0) is 19.2 Å². The number of carboxylic acid groups (broad SMARTS) is 1. The number of carbonyl (C=O) groups is 1. The molecule has 1 aromatic carbocycles. The van der Waals surface area contributed by atoms with Crippen molar-refractivity contribution in [2.45, 2.75) is 20.4 Å². The van der Waals surface area contributed by atoms with E-state index in [0.717, 1.165) is 25.2 Å². The lowest BCUT2D eigenvalue weighted by Crippen LogP contribution is -2.27. The van der Waals surface area contributed by atoms with Crippen LogP contribution in [-0.4, -0.2) is 45.4 Å². The molecule has 2 aromatic rings. The van der Waals surface area contributed by atoms with E-state index in [1.807, 2.05) is 18.2 Å². The van der Waals surface area contributed by atoms with Crippen LogP contribution in [0.25, 0.3) is 10.9 Å². The second kappa shape index (κ2) is 5.84. The standard InChI is InChI=1S/C14H19N3O2/c1-3-16(4-2)9-10-17-12-8-6-5-7-11(12)13(15-17)14(18)19/h5-8H,3-4,9-10H2,1-2H3,(H,18,19). The number of rotatable bonds is 6. The van der Waals surface area contributed by atoms with Crippen LogP contribution in [0.1, 0.15) is 24.3 Å². The van der Waals surface area contributed by atoms with Crippen LogP contribution in [-0.2, 0) is 6.54 Å². The maximum absolute atomic E-state index is 11.2. The van der Waals surface area contributed by atoms with Crippen LogP contribution < -0.4 is 0 Å². The Kier molecular flexibility index (Phi) is 4.16. The van der Waals surface area contributed by atoms with Crippen LogP contribution in [0.4, 0.5) is 0 Å². The first kappa shape index (κ1) is 13.5. The molecule has 0 fully saturated rings. The van der Waals surface area contributed by atoms with E-state index in [1.165, 1.54) is 0 Å². The zero-order valence-corrected chi connectivity index (χ0v) is 11.3. The number of hydrogen-bond acceptors (Lipinski definition) is 3. The SMILES string of the molecule is CCN(CC)CCn1nc(C(=O)O)c2ccccc21. The number of likely N-dealkylation sites (N-methyl/N-ethyl adjacent to an activating group) is 1. The van der Waals surface area contributed by atoms with Gasteiger partial charge in [0.1, 0.15) is 0 Å². The fourth-order valence-electron chi connectivity index (χ4n) is 2.23. The van der Waals surface area contributed by atoms with Crippen molar-refractivity contribution in [3.05, 3.63) is 30.0 Å². The summed E-state index contributed by atoms with van der Waals surface area (Å²) in [7, 11) is 0. The average molecular weight is 261 g/mol. The molecule has 0 aliphatic carbocycles. The quantitative estimate of drug-likeness (QED) is 0.865. The van der Waals surface area contributed by atoms with Crippen molar-refractivity contribution >= 4 is 16.9 Å². The topological polar surface area (TPSA) is 58.4 Å². The molecule has 5 nitrogen and oxygen atoms in total. The van der Waals surface area contributed by atoms with E-state index in [-0.39, 0.29) is 5.69 Å². The fourth-order valence-corrected chi connectivity index (χ4v) is 2.23. The summed E-state index contributed by atoms with van der Waals surface area (Å²) in [6, 6.07) is 7.46. The Morgan fingerprint density at radius 1 is 1.32 bits per heavy atom. The molecule has 0 atom stereocenters. The number of nitrogens with zero attached hydrogens (tertiary/aromatic N) is 3. The first-order chi connectivity index (χ1) is 9.17. The summed E-state index contributed by atoms with van der Waals surface area (Å²) in [4.78, 5) is 13.5. The molecule has 0 spiro atoms. The molecular weight excluding hydrogens is 242 g/mol. The number of fused-ring (bicyclic) bond motifs is 1. The van der Waals surface area contributed by atoms with Gasteiger partial charge < -0.3 is 10.0 Å². The van der Waals surface area contributed by atoms with Crippen LogP contribution in [0.5, 0.6) is 0 Å². The number of aromatic nitrogens is 2. The van der Waals surface area contributed by atoms with E-state index in [1.54, 1.807) is 10.7 Å². The lowest BCUT2D eigenvalue weighted by atomic mass is 10.2. The van der Waals surface area contributed by atoms with E-state index < -0.39 is 5.97 Å². The van der Waals surface area contributed by atoms with Crippen LogP contribution in [0.3, 0.4) is 0 Å². The summed E-state index contributed by atoms with van der Waals surface area (Å²) < 4.78 is 1.79. The monoisotopic (exact) mass is 261 g/mol. The van der Waals surface area contributed by atoms with Crippen molar-refractivity contribution in [1.82, 2.24) is 14.7 Å². The molecular formula is C14H19N3O2. The highest BCUT2D eigenvalue weighted by Crippen LogP contribution is 2.18. The smallest absolute Gasteiger partial charge is 0.357 e. The molecule has 102 valence electrons. The molecule has 0 amide bonds. The van der Waals surface area contributed by atoms with Crippen molar-refractivity contribution in [3.8, 4) is 0 Å².